The second kappa shape index (κ2) is 8.52. The van der Waals surface area contributed by atoms with Gasteiger partial charge in [0.1, 0.15) is 12.7 Å². The van der Waals surface area contributed by atoms with Crippen LogP contribution >= 0.6 is 0 Å². The van der Waals surface area contributed by atoms with E-state index >= 15 is 0 Å². The highest BCUT2D eigenvalue weighted by Gasteiger charge is 2.59. The fourth-order valence-corrected chi connectivity index (χ4v) is 6.16. The number of allylic oxidation sites excluding steroid dienone is 2. The lowest BCUT2D eigenvalue weighted by Crippen LogP contribution is -2.58. The fraction of sp³-hybridized carbons (Fsp3) is 0.636. The average molecular weight is 455 g/mol. The van der Waals surface area contributed by atoms with Gasteiger partial charge < -0.3 is 9.47 Å². The highest BCUT2D eigenvalue weighted by atomic mass is 32.3. The Morgan fingerprint density at radius 3 is 2.68 bits per heavy atom. The van der Waals surface area contributed by atoms with Gasteiger partial charge in [-0.2, -0.15) is 8.42 Å². The van der Waals surface area contributed by atoms with Crippen molar-refractivity contribution in [1.82, 2.24) is 0 Å². The van der Waals surface area contributed by atoms with Crippen LogP contribution in [0.2, 0.25) is 0 Å². The molecule has 5 atom stereocenters. The third-order valence-corrected chi connectivity index (χ3v) is 7.64. The standard InChI is InChI=1S/C22H30O8S/c1-14-5-8-18-21(3,17(14)7-6-16-10-12-28-20(16)24)11-9-19(30-15(2)23)22(18,4)13-29-31(25,26)27/h6-7,10,17-19H,1,5,8-9,11-13H2,2-4H3,(H,25,26,27)/b7-6+/t17?,18?,19-,21-,22+/m0/s1. The largest absolute Gasteiger partial charge is 0.462 e. The minimum atomic E-state index is -4.65. The van der Waals surface area contributed by atoms with Crippen LogP contribution in [0.5, 0.6) is 0 Å². The topological polar surface area (TPSA) is 116 Å². The molecule has 2 aliphatic carbocycles. The van der Waals surface area contributed by atoms with Gasteiger partial charge in [-0.25, -0.2) is 8.98 Å². The summed E-state index contributed by atoms with van der Waals surface area (Å²) in [4.78, 5) is 23.5. The van der Waals surface area contributed by atoms with Gasteiger partial charge in [-0.1, -0.05) is 38.2 Å². The maximum atomic E-state index is 11.8. The van der Waals surface area contributed by atoms with Gasteiger partial charge >= 0.3 is 22.3 Å². The van der Waals surface area contributed by atoms with Crippen molar-refractivity contribution in [2.75, 3.05) is 13.2 Å². The fourth-order valence-electron chi connectivity index (χ4n) is 5.76. The average Bonchev–Trinajstić information content (AvgIpc) is 3.06. The van der Waals surface area contributed by atoms with Crippen molar-refractivity contribution >= 4 is 22.3 Å². The summed E-state index contributed by atoms with van der Waals surface area (Å²) in [5.74, 6) is -0.951. The Balaban J connectivity index is 1.96. The van der Waals surface area contributed by atoms with Gasteiger partial charge in [0.25, 0.3) is 0 Å². The lowest BCUT2D eigenvalue weighted by atomic mass is 9.46. The van der Waals surface area contributed by atoms with E-state index in [0.717, 1.165) is 5.57 Å². The normalized spacial score (nSPS) is 36.1. The van der Waals surface area contributed by atoms with E-state index in [2.05, 4.69) is 13.5 Å². The molecule has 1 N–H and O–H groups in total. The van der Waals surface area contributed by atoms with Crippen molar-refractivity contribution in [3.8, 4) is 0 Å². The Morgan fingerprint density at radius 1 is 1.39 bits per heavy atom. The van der Waals surface area contributed by atoms with Crippen molar-refractivity contribution in [2.24, 2.45) is 22.7 Å². The quantitative estimate of drug-likeness (QED) is 0.370. The molecule has 2 saturated carbocycles. The molecule has 0 bridgehead atoms. The molecular formula is C22H30O8S. The van der Waals surface area contributed by atoms with Gasteiger partial charge in [0.05, 0.1) is 12.2 Å². The Bertz CT molecular complexity index is 933. The van der Waals surface area contributed by atoms with Crippen molar-refractivity contribution < 1.29 is 36.2 Å². The Hall–Kier alpha value is -1.97. The summed E-state index contributed by atoms with van der Waals surface area (Å²) < 4.78 is 47.2. The summed E-state index contributed by atoms with van der Waals surface area (Å²) in [6.07, 6.45) is 7.57. The number of fused-ring (bicyclic) bond motifs is 1. The molecule has 2 fully saturated rings. The smallest absolute Gasteiger partial charge is 0.397 e. The summed E-state index contributed by atoms with van der Waals surface area (Å²) in [6, 6.07) is 0. The van der Waals surface area contributed by atoms with Gasteiger partial charge in [-0.15, -0.1) is 0 Å². The van der Waals surface area contributed by atoms with E-state index in [1.807, 2.05) is 13.0 Å². The summed E-state index contributed by atoms with van der Waals surface area (Å²) in [7, 11) is -4.65. The van der Waals surface area contributed by atoms with Gasteiger partial charge in [0.15, 0.2) is 0 Å². The van der Waals surface area contributed by atoms with E-state index < -0.39 is 27.9 Å². The number of cyclic esters (lactones) is 1. The van der Waals surface area contributed by atoms with Crippen molar-refractivity contribution in [2.45, 2.75) is 52.6 Å². The number of esters is 2. The molecule has 0 aromatic rings. The first-order chi connectivity index (χ1) is 14.4. The van der Waals surface area contributed by atoms with Gasteiger partial charge in [0.2, 0.25) is 0 Å². The summed E-state index contributed by atoms with van der Waals surface area (Å²) in [6.45, 7) is 9.50. The predicted molar refractivity (Wildman–Crippen MR) is 112 cm³/mol. The molecule has 172 valence electrons. The van der Waals surface area contributed by atoms with Crippen LogP contribution in [-0.4, -0.2) is 44.2 Å². The van der Waals surface area contributed by atoms with Crippen molar-refractivity contribution in [3.05, 3.63) is 36.0 Å². The first kappa shape index (κ1) is 23.7. The van der Waals surface area contributed by atoms with Crippen LogP contribution in [0.4, 0.5) is 0 Å². The Kier molecular flexibility index (Phi) is 6.51. The number of carbonyl (C=O) groups is 2. The number of ether oxygens (including phenoxy) is 2. The molecule has 0 radical (unpaired) electrons. The molecule has 2 unspecified atom stereocenters. The van der Waals surface area contributed by atoms with Crippen LogP contribution in [0, 0.1) is 22.7 Å². The molecule has 0 saturated heterocycles. The summed E-state index contributed by atoms with van der Waals surface area (Å²) in [5, 5.41) is 0. The molecule has 0 aromatic carbocycles. The van der Waals surface area contributed by atoms with Gasteiger partial charge in [-0.05, 0) is 43.1 Å². The lowest BCUT2D eigenvalue weighted by molar-refractivity contribution is -0.181. The molecule has 1 heterocycles. The van der Waals surface area contributed by atoms with Crippen molar-refractivity contribution in [3.63, 3.8) is 0 Å². The van der Waals surface area contributed by atoms with Gasteiger partial charge in [0, 0.05) is 18.3 Å². The maximum Gasteiger partial charge on any atom is 0.397 e. The zero-order valence-corrected chi connectivity index (χ0v) is 18.9. The monoisotopic (exact) mass is 454 g/mol. The molecule has 0 aromatic heterocycles. The molecule has 9 heteroatoms. The number of hydrogen-bond acceptors (Lipinski definition) is 7. The molecule has 1 aliphatic heterocycles. The highest BCUT2D eigenvalue weighted by Crippen LogP contribution is 2.62. The molecule has 0 spiro atoms. The first-order valence-electron chi connectivity index (χ1n) is 10.4. The second-order valence-corrected chi connectivity index (χ2v) is 10.3. The van der Waals surface area contributed by atoms with E-state index in [0.29, 0.717) is 31.3 Å². The number of carbonyl (C=O) groups excluding carboxylic acids is 2. The molecule has 8 nitrogen and oxygen atoms in total. The SMILES string of the molecule is C=C1CCC2[C@@](C)(CC[C@H](OC(C)=O)[C@]2(C)COS(=O)(=O)O)C1/C=C/C1=CCOC1=O. The highest BCUT2D eigenvalue weighted by molar-refractivity contribution is 7.80. The minimum Gasteiger partial charge on any atom is -0.462 e. The number of rotatable bonds is 6. The predicted octanol–water partition coefficient (Wildman–Crippen LogP) is 3.17. The first-order valence-corrected chi connectivity index (χ1v) is 11.8. The van der Waals surface area contributed by atoms with E-state index in [1.54, 1.807) is 12.2 Å². The van der Waals surface area contributed by atoms with Crippen LogP contribution < -0.4 is 0 Å². The van der Waals surface area contributed by atoms with Crippen LogP contribution in [0.3, 0.4) is 0 Å². The van der Waals surface area contributed by atoms with Crippen LogP contribution in [-0.2, 0) is 33.6 Å². The van der Waals surface area contributed by atoms with E-state index in [9.17, 15) is 22.6 Å². The Labute approximate surface area is 183 Å². The van der Waals surface area contributed by atoms with Crippen LogP contribution in [0.15, 0.2) is 36.0 Å². The third kappa shape index (κ3) is 4.78. The van der Waals surface area contributed by atoms with E-state index in [4.69, 9.17) is 13.7 Å². The maximum absolute atomic E-state index is 11.8. The van der Waals surface area contributed by atoms with E-state index in [1.165, 1.54) is 6.92 Å². The minimum absolute atomic E-state index is 0.0658. The zero-order valence-electron chi connectivity index (χ0n) is 18.1. The van der Waals surface area contributed by atoms with Crippen LogP contribution in [0.25, 0.3) is 0 Å². The van der Waals surface area contributed by atoms with E-state index in [-0.39, 0.29) is 36.4 Å². The summed E-state index contributed by atoms with van der Waals surface area (Å²) >= 11 is 0. The molecule has 0 amide bonds. The Morgan fingerprint density at radius 2 is 2.10 bits per heavy atom. The number of hydrogen-bond donors (Lipinski definition) is 1. The summed E-state index contributed by atoms with van der Waals surface area (Å²) in [5.41, 5.74) is 0.367. The zero-order chi connectivity index (χ0) is 23.0. The molecule has 31 heavy (non-hydrogen) atoms. The molecular weight excluding hydrogens is 424 g/mol. The molecule has 3 aliphatic rings. The lowest BCUT2D eigenvalue weighted by Gasteiger charge is -2.59. The molecule has 3 rings (SSSR count). The third-order valence-electron chi connectivity index (χ3n) is 7.23. The van der Waals surface area contributed by atoms with Crippen molar-refractivity contribution in [1.29, 1.82) is 0 Å². The second-order valence-electron chi connectivity index (χ2n) is 9.18. The van der Waals surface area contributed by atoms with Crippen LogP contribution in [0.1, 0.15) is 46.5 Å². The van der Waals surface area contributed by atoms with Gasteiger partial charge in [-0.3, -0.25) is 9.35 Å².